The normalized spacial score (nSPS) is 31.1. The molecule has 0 saturated heterocycles. The van der Waals surface area contributed by atoms with Gasteiger partial charge in [-0.3, -0.25) is 9.05 Å². The van der Waals surface area contributed by atoms with Gasteiger partial charge in [-0.15, -0.1) is 60.7 Å². The fourth-order valence-electron chi connectivity index (χ4n) is 1.31. The molecule has 0 bridgehead atoms. The lowest BCUT2D eigenvalue weighted by Gasteiger charge is -2.18. The molecule has 1 aliphatic rings. The molecule has 1 rings (SSSR count). The molecule has 0 aromatic heterocycles. The zero-order valence-electron chi connectivity index (χ0n) is 14.6. The predicted octanol–water partition coefficient (Wildman–Crippen LogP) is 12.5. The third-order valence-corrected chi connectivity index (χ3v) is 13.4. The fraction of sp³-hybridized carbons (Fsp3) is 1.00. The monoisotopic (exact) mass is 658 g/mol. The Hall–Kier alpha value is 0.180. The molecule has 0 fully saturated rings. The molecule has 0 aromatic rings. The predicted molar refractivity (Wildman–Crippen MR) is 91.2 cm³/mol. The molecule has 0 N–H and O–H groups in total. The Balaban J connectivity index is 4.15. The van der Waals surface area contributed by atoms with E-state index in [9.17, 15) is 68.3 Å². The van der Waals surface area contributed by atoms with Crippen LogP contribution in [0.5, 0.6) is 0 Å². The smallest absolute Gasteiger partial charge is 0.294 e. The van der Waals surface area contributed by atoms with Crippen LogP contribution >= 0.6 is 46.8 Å². The first-order valence-corrected chi connectivity index (χ1v) is 15.8. The second kappa shape index (κ2) is 10.2. The van der Waals surface area contributed by atoms with E-state index in [1.807, 2.05) is 0 Å². The van der Waals surface area contributed by atoms with E-state index in [0.717, 1.165) is 13.5 Å². The van der Waals surface area contributed by atoms with E-state index in [4.69, 9.17) is 0 Å². The lowest BCUT2D eigenvalue weighted by Crippen LogP contribution is -2.15. The van der Waals surface area contributed by atoms with Gasteiger partial charge in [-0.2, -0.15) is 34.7 Å². The van der Waals surface area contributed by atoms with Crippen LogP contribution in [-0.2, 0) is 9.05 Å². The average Bonchev–Trinajstić information content (AvgIpc) is 2.43. The van der Waals surface area contributed by atoms with Gasteiger partial charge in [-0.05, 0) is 0 Å². The van der Waals surface area contributed by atoms with E-state index in [0.29, 0.717) is 0 Å². The van der Waals surface area contributed by atoms with Gasteiger partial charge in [0, 0.05) is 0 Å². The summed E-state index contributed by atoms with van der Waals surface area (Å²) in [7, 11) is -44.0. The van der Waals surface area contributed by atoms with Crippen LogP contribution in [0.4, 0.5) is 68.3 Å². The zero-order chi connectivity index (χ0) is 27.1. The standard InChI is InChI=1S/C4H4F16N6O2P6/c5-3(6,7)1-27-33(19)24-31(15,16)22-29(11,12)21-30(13,14)23-32(17,18)25-34(20,26-33)28-2-4(8,9)10/h1-2H2. The highest BCUT2D eigenvalue weighted by atomic mass is 31.3. The second-order valence-electron chi connectivity index (χ2n) is 5.08. The van der Waals surface area contributed by atoms with Crippen LogP contribution in [0.1, 0.15) is 0 Å². The Kier molecular flexibility index (Phi) is 9.62. The number of hydrogen-bond donors (Lipinski definition) is 0. The Morgan fingerprint density at radius 1 is 0.412 bits per heavy atom. The van der Waals surface area contributed by atoms with Crippen molar-refractivity contribution in [3.63, 3.8) is 0 Å². The maximum absolute atomic E-state index is 14.6. The first-order valence-electron chi connectivity index (χ1n) is 6.87. The average molecular weight is 658 g/mol. The highest BCUT2D eigenvalue weighted by molar-refractivity contribution is 7.78. The molecule has 0 saturated carbocycles. The number of halogens is 16. The quantitative estimate of drug-likeness (QED) is 0.222. The van der Waals surface area contributed by atoms with Crippen LogP contribution in [0, 0.1) is 0 Å². The molecule has 0 radical (unpaired) electrons. The summed E-state index contributed by atoms with van der Waals surface area (Å²) in [5.74, 6) is 0. The second-order valence-corrected chi connectivity index (χ2v) is 15.4. The van der Waals surface area contributed by atoms with E-state index in [2.05, 4.69) is 9.05 Å². The third-order valence-electron chi connectivity index (χ3n) is 2.09. The van der Waals surface area contributed by atoms with Crippen molar-refractivity contribution in [2.75, 3.05) is 13.2 Å². The maximum atomic E-state index is 14.6. The van der Waals surface area contributed by atoms with Gasteiger partial charge in [0.05, 0.1) is 0 Å². The zero-order valence-corrected chi connectivity index (χ0v) is 20.0. The van der Waals surface area contributed by atoms with Crippen molar-refractivity contribution < 1.29 is 77.4 Å². The van der Waals surface area contributed by atoms with Crippen molar-refractivity contribution >= 4 is 46.8 Å². The summed E-state index contributed by atoms with van der Waals surface area (Å²) in [6, 6.07) is 0. The van der Waals surface area contributed by atoms with E-state index >= 15 is 0 Å². The van der Waals surface area contributed by atoms with E-state index in [1.165, 1.54) is 9.03 Å². The van der Waals surface area contributed by atoms with Gasteiger partial charge in [-0.25, -0.2) is 0 Å². The SMILES string of the molecule is FC(F)(F)COP1(F)=NP(F)(F)=NP(F)(F)=NP(F)(F)=NP(F)(F)=NP(F)(OCC(F)(F)F)=N1. The summed E-state index contributed by atoms with van der Waals surface area (Å²) in [6.45, 7) is -6.06. The lowest BCUT2D eigenvalue weighted by atomic mass is 10.7. The molecule has 1 aliphatic heterocycles. The van der Waals surface area contributed by atoms with Crippen molar-refractivity contribution in [3.05, 3.63) is 0 Å². The molecule has 2 atom stereocenters. The van der Waals surface area contributed by atoms with Crippen LogP contribution in [0.25, 0.3) is 0 Å². The topological polar surface area (TPSA) is 92.6 Å². The first-order chi connectivity index (χ1) is 14.7. The molecule has 34 heavy (non-hydrogen) atoms. The van der Waals surface area contributed by atoms with E-state index in [1.54, 1.807) is 4.52 Å². The molecule has 30 heteroatoms. The van der Waals surface area contributed by atoms with Crippen LogP contribution in [0.15, 0.2) is 27.1 Å². The van der Waals surface area contributed by atoms with E-state index < -0.39 is 72.4 Å². The van der Waals surface area contributed by atoms with Crippen LogP contribution in [0.2, 0.25) is 0 Å². The molecule has 204 valence electrons. The Bertz CT molecular complexity index is 1080. The summed E-state index contributed by atoms with van der Waals surface area (Å²) in [6.07, 6.45) is -11.4. The third kappa shape index (κ3) is 12.4. The van der Waals surface area contributed by atoms with Gasteiger partial charge >= 0.3 is 59.1 Å². The van der Waals surface area contributed by atoms with Crippen LogP contribution in [0.3, 0.4) is 0 Å². The number of rotatable bonds is 4. The van der Waals surface area contributed by atoms with E-state index in [-0.39, 0.29) is 0 Å². The fourth-order valence-corrected chi connectivity index (χ4v) is 11.9. The highest BCUT2D eigenvalue weighted by Gasteiger charge is 2.44. The van der Waals surface area contributed by atoms with Gasteiger partial charge in [0.15, 0.2) is 13.2 Å². The summed E-state index contributed by atoms with van der Waals surface area (Å²) in [5, 5.41) is 0. The summed E-state index contributed by atoms with van der Waals surface area (Å²) >= 11 is 0. The van der Waals surface area contributed by atoms with Gasteiger partial charge < -0.3 is 0 Å². The van der Waals surface area contributed by atoms with Gasteiger partial charge in [0.1, 0.15) is 0 Å². The van der Waals surface area contributed by atoms with Gasteiger partial charge in [0.2, 0.25) is 0 Å². The molecular formula is C4H4F16N6O2P6. The van der Waals surface area contributed by atoms with Crippen LogP contribution < -0.4 is 0 Å². The van der Waals surface area contributed by atoms with Crippen molar-refractivity contribution in [2.45, 2.75) is 12.4 Å². The molecule has 0 aliphatic carbocycles. The summed E-state index contributed by atoms with van der Waals surface area (Å²) in [4.78, 5) is 0. The van der Waals surface area contributed by atoms with Gasteiger partial charge in [-0.1, -0.05) is 0 Å². The Labute approximate surface area is 177 Å². The Morgan fingerprint density at radius 3 is 1.00 bits per heavy atom. The molecular weight excluding hydrogens is 654 g/mol. The van der Waals surface area contributed by atoms with Crippen molar-refractivity contribution in [1.29, 1.82) is 0 Å². The van der Waals surface area contributed by atoms with Crippen molar-refractivity contribution in [1.82, 2.24) is 0 Å². The first kappa shape index (κ1) is 32.2. The molecule has 0 amide bonds. The molecule has 0 spiro atoms. The van der Waals surface area contributed by atoms with Crippen LogP contribution in [-0.4, -0.2) is 25.6 Å². The largest absolute Gasteiger partial charge is 0.425 e. The minimum Gasteiger partial charge on any atom is -0.294 e. The minimum absolute atomic E-state index is 1.04. The molecule has 1 heterocycles. The van der Waals surface area contributed by atoms with Crippen molar-refractivity contribution in [2.24, 2.45) is 27.1 Å². The number of hydrogen-bond acceptors (Lipinski definition) is 8. The maximum Gasteiger partial charge on any atom is 0.425 e. The molecule has 8 nitrogen and oxygen atoms in total. The van der Waals surface area contributed by atoms with Gasteiger partial charge in [0.25, 0.3) is 0 Å². The molecule has 0 aromatic carbocycles. The minimum atomic E-state index is -7.47. The summed E-state index contributed by atoms with van der Waals surface area (Å²) < 4.78 is 225. The highest BCUT2D eigenvalue weighted by Crippen LogP contribution is 2.83. The Morgan fingerprint density at radius 2 is 0.676 bits per heavy atom. The molecule has 2 unspecified atom stereocenters. The van der Waals surface area contributed by atoms with Crippen molar-refractivity contribution in [3.8, 4) is 0 Å². The summed E-state index contributed by atoms with van der Waals surface area (Å²) in [5.41, 5.74) is 0. The lowest BCUT2D eigenvalue weighted by molar-refractivity contribution is -0.153. The number of alkyl halides is 6. The number of nitrogens with zero attached hydrogens (tertiary/aromatic N) is 6.